The minimum absolute atomic E-state index is 0.0985. The molecule has 1 N–H and O–H groups in total. The lowest BCUT2D eigenvalue weighted by atomic mass is 9.99. The molecule has 0 spiro atoms. The van der Waals surface area contributed by atoms with E-state index < -0.39 is 6.43 Å². The van der Waals surface area contributed by atoms with Gasteiger partial charge in [-0.05, 0) is 61.7 Å². The first-order valence-electron chi connectivity index (χ1n) is 8.89. The summed E-state index contributed by atoms with van der Waals surface area (Å²) < 4.78 is 24.9. The molecular formula is C20H25F2N3. The highest BCUT2D eigenvalue weighted by Crippen LogP contribution is 2.22. The molecule has 25 heavy (non-hydrogen) atoms. The van der Waals surface area contributed by atoms with Gasteiger partial charge < -0.3 is 5.32 Å². The molecule has 1 saturated heterocycles. The Labute approximate surface area is 148 Å². The zero-order valence-corrected chi connectivity index (χ0v) is 14.5. The average Bonchev–Trinajstić information content (AvgIpc) is 2.64. The number of benzene rings is 1. The number of rotatable bonds is 6. The van der Waals surface area contributed by atoms with Crippen molar-refractivity contribution in [1.82, 2.24) is 15.2 Å². The number of hydrogen-bond donors (Lipinski definition) is 1. The van der Waals surface area contributed by atoms with Gasteiger partial charge >= 0.3 is 0 Å². The standard InChI is InChI=1S/C20H25F2N3/c1-15(24-19-8-12-25(13-9-19)14-20(21)22)16-2-4-17(5-3-16)18-6-10-23-11-7-18/h2-7,10-11,15,19-20,24H,8-9,12-14H2,1H3/t15-/m1/s1. The SMILES string of the molecule is C[C@@H](NC1CCN(CC(F)F)CC1)c1ccc(-c2ccncc2)cc1. The molecule has 1 aliphatic rings. The molecule has 2 heterocycles. The molecule has 0 unspecified atom stereocenters. The second-order valence-electron chi connectivity index (χ2n) is 6.71. The minimum Gasteiger partial charge on any atom is -0.307 e. The summed E-state index contributed by atoms with van der Waals surface area (Å²) >= 11 is 0. The van der Waals surface area contributed by atoms with Crippen molar-refractivity contribution in [1.29, 1.82) is 0 Å². The van der Waals surface area contributed by atoms with E-state index in [0.29, 0.717) is 6.04 Å². The Morgan fingerprint density at radius 1 is 1.04 bits per heavy atom. The first kappa shape index (κ1) is 18.0. The van der Waals surface area contributed by atoms with Gasteiger partial charge in [0, 0.05) is 24.5 Å². The summed E-state index contributed by atoms with van der Waals surface area (Å²) in [5, 5.41) is 3.64. The molecule has 0 saturated carbocycles. The van der Waals surface area contributed by atoms with Crippen LogP contribution in [-0.2, 0) is 0 Å². The minimum atomic E-state index is -2.23. The smallest absolute Gasteiger partial charge is 0.251 e. The van der Waals surface area contributed by atoms with Gasteiger partial charge in [-0.1, -0.05) is 24.3 Å². The first-order valence-corrected chi connectivity index (χ1v) is 8.89. The Hall–Kier alpha value is -1.85. The van der Waals surface area contributed by atoms with Crippen LogP contribution in [0.2, 0.25) is 0 Å². The predicted octanol–water partition coefficient (Wildman–Crippen LogP) is 4.13. The van der Waals surface area contributed by atoms with E-state index in [2.05, 4.69) is 41.5 Å². The van der Waals surface area contributed by atoms with Crippen LogP contribution >= 0.6 is 0 Å². The molecule has 2 aromatic rings. The summed E-state index contributed by atoms with van der Waals surface area (Å²) in [6.45, 7) is 3.55. The Morgan fingerprint density at radius 2 is 1.64 bits per heavy atom. The van der Waals surface area contributed by atoms with Crippen molar-refractivity contribution < 1.29 is 8.78 Å². The summed E-state index contributed by atoms with van der Waals surface area (Å²) in [6, 6.07) is 13.2. The number of nitrogens with one attached hydrogen (secondary N) is 1. The summed E-state index contributed by atoms with van der Waals surface area (Å²) in [6.07, 6.45) is 3.21. The third-order valence-corrected chi connectivity index (χ3v) is 4.89. The molecule has 1 atom stereocenters. The lowest BCUT2D eigenvalue weighted by molar-refractivity contribution is 0.0722. The fourth-order valence-electron chi connectivity index (χ4n) is 3.44. The third kappa shape index (κ3) is 5.06. The highest BCUT2D eigenvalue weighted by molar-refractivity contribution is 5.62. The van der Waals surface area contributed by atoms with Crippen molar-refractivity contribution in [2.45, 2.75) is 38.3 Å². The Morgan fingerprint density at radius 3 is 2.24 bits per heavy atom. The van der Waals surface area contributed by atoms with Crippen molar-refractivity contribution in [3.63, 3.8) is 0 Å². The zero-order valence-electron chi connectivity index (χ0n) is 14.5. The largest absolute Gasteiger partial charge is 0.307 e. The van der Waals surface area contributed by atoms with Gasteiger partial charge in [0.2, 0.25) is 0 Å². The number of piperidine rings is 1. The maximum atomic E-state index is 12.4. The van der Waals surface area contributed by atoms with Crippen LogP contribution in [0, 0.1) is 0 Å². The predicted molar refractivity (Wildman–Crippen MR) is 96.7 cm³/mol. The molecule has 1 aliphatic heterocycles. The highest BCUT2D eigenvalue weighted by Gasteiger charge is 2.22. The van der Waals surface area contributed by atoms with Crippen molar-refractivity contribution in [2.24, 2.45) is 0 Å². The normalized spacial score (nSPS) is 17.8. The van der Waals surface area contributed by atoms with Gasteiger partial charge in [0.15, 0.2) is 0 Å². The van der Waals surface area contributed by atoms with Crippen LogP contribution in [0.15, 0.2) is 48.8 Å². The quantitative estimate of drug-likeness (QED) is 0.853. The van der Waals surface area contributed by atoms with Gasteiger partial charge in [0.05, 0.1) is 6.54 Å². The average molecular weight is 345 g/mol. The number of nitrogens with zero attached hydrogens (tertiary/aromatic N) is 2. The van der Waals surface area contributed by atoms with E-state index in [1.165, 1.54) is 11.1 Å². The van der Waals surface area contributed by atoms with E-state index in [4.69, 9.17) is 0 Å². The molecule has 3 rings (SSSR count). The van der Waals surface area contributed by atoms with Crippen LogP contribution in [0.5, 0.6) is 0 Å². The van der Waals surface area contributed by atoms with Crippen LogP contribution in [0.3, 0.4) is 0 Å². The Balaban J connectivity index is 1.53. The number of aromatic nitrogens is 1. The maximum absolute atomic E-state index is 12.4. The molecule has 3 nitrogen and oxygen atoms in total. The number of halogens is 2. The van der Waals surface area contributed by atoms with E-state index in [0.717, 1.165) is 31.5 Å². The zero-order chi connectivity index (χ0) is 17.6. The number of likely N-dealkylation sites (tertiary alicyclic amines) is 1. The molecule has 1 aromatic heterocycles. The fraction of sp³-hybridized carbons (Fsp3) is 0.450. The fourth-order valence-corrected chi connectivity index (χ4v) is 3.44. The van der Waals surface area contributed by atoms with Crippen LogP contribution in [-0.4, -0.2) is 42.0 Å². The Kier molecular flexibility index (Phi) is 6.10. The van der Waals surface area contributed by atoms with Gasteiger partial charge in [0.25, 0.3) is 6.43 Å². The molecule has 5 heteroatoms. The monoisotopic (exact) mass is 345 g/mol. The first-order chi connectivity index (χ1) is 12.1. The molecule has 0 amide bonds. The van der Waals surface area contributed by atoms with E-state index in [1.807, 2.05) is 17.0 Å². The number of pyridine rings is 1. The van der Waals surface area contributed by atoms with E-state index in [-0.39, 0.29) is 12.6 Å². The van der Waals surface area contributed by atoms with E-state index >= 15 is 0 Å². The summed E-state index contributed by atoms with van der Waals surface area (Å²) in [4.78, 5) is 5.91. The van der Waals surface area contributed by atoms with Crippen LogP contribution in [0.25, 0.3) is 11.1 Å². The molecule has 134 valence electrons. The lowest BCUT2D eigenvalue weighted by Crippen LogP contribution is -2.44. The third-order valence-electron chi connectivity index (χ3n) is 4.89. The van der Waals surface area contributed by atoms with Gasteiger partial charge in [-0.15, -0.1) is 0 Å². The number of alkyl halides is 2. The van der Waals surface area contributed by atoms with Crippen LogP contribution < -0.4 is 5.32 Å². The van der Waals surface area contributed by atoms with Gasteiger partial charge in [-0.2, -0.15) is 0 Å². The van der Waals surface area contributed by atoms with Gasteiger partial charge in [-0.25, -0.2) is 8.78 Å². The topological polar surface area (TPSA) is 28.2 Å². The maximum Gasteiger partial charge on any atom is 0.251 e. The summed E-state index contributed by atoms with van der Waals surface area (Å²) in [5.74, 6) is 0. The highest BCUT2D eigenvalue weighted by atomic mass is 19.3. The molecule has 0 aliphatic carbocycles. The number of hydrogen-bond acceptors (Lipinski definition) is 3. The summed E-state index contributed by atoms with van der Waals surface area (Å²) in [7, 11) is 0. The van der Waals surface area contributed by atoms with Crippen molar-refractivity contribution >= 4 is 0 Å². The van der Waals surface area contributed by atoms with E-state index in [9.17, 15) is 8.78 Å². The van der Waals surface area contributed by atoms with Gasteiger partial charge in [0.1, 0.15) is 0 Å². The lowest BCUT2D eigenvalue weighted by Gasteiger charge is -2.33. The summed E-state index contributed by atoms with van der Waals surface area (Å²) in [5.41, 5.74) is 3.58. The van der Waals surface area contributed by atoms with Crippen LogP contribution in [0.1, 0.15) is 31.4 Å². The van der Waals surface area contributed by atoms with Crippen LogP contribution in [0.4, 0.5) is 8.78 Å². The second-order valence-corrected chi connectivity index (χ2v) is 6.71. The Bertz CT molecular complexity index is 638. The van der Waals surface area contributed by atoms with Crippen molar-refractivity contribution in [3.05, 3.63) is 54.4 Å². The second kappa shape index (κ2) is 8.50. The van der Waals surface area contributed by atoms with E-state index in [1.54, 1.807) is 12.4 Å². The molecule has 1 fully saturated rings. The molecule has 0 radical (unpaired) electrons. The van der Waals surface area contributed by atoms with Crippen molar-refractivity contribution in [2.75, 3.05) is 19.6 Å². The molecule has 1 aromatic carbocycles. The van der Waals surface area contributed by atoms with Gasteiger partial charge in [-0.3, -0.25) is 9.88 Å². The van der Waals surface area contributed by atoms with Crippen molar-refractivity contribution in [3.8, 4) is 11.1 Å². The molecule has 0 bridgehead atoms. The molecular weight excluding hydrogens is 320 g/mol.